The third kappa shape index (κ3) is 9.38. The number of nitrogens with two attached hydrogens (primary N) is 1. The fourth-order valence-corrected chi connectivity index (χ4v) is 4.91. The quantitative estimate of drug-likeness (QED) is 0.106. The van der Waals surface area contributed by atoms with Crippen LogP contribution < -0.4 is 16.4 Å². The number of nitrogens with zero attached hydrogens (tertiary/aromatic N) is 3. The van der Waals surface area contributed by atoms with Crippen LogP contribution in [0.25, 0.3) is 11.0 Å². The highest BCUT2D eigenvalue weighted by Crippen LogP contribution is 2.33. The Hall–Kier alpha value is -3.73. The molecule has 2 unspecified atom stereocenters. The molecule has 236 valence electrons. The molecule has 0 aliphatic carbocycles. The number of hydrogen-bond donors (Lipinski definition) is 4. The van der Waals surface area contributed by atoms with E-state index in [4.69, 9.17) is 31.5 Å². The summed E-state index contributed by atoms with van der Waals surface area (Å²) in [5.74, 6) is 6.41. The predicted octanol–water partition coefficient (Wildman–Crippen LogP) is 2.64. The van der Waals surface area contributed by atoms with Crippen molar-refractivity contribution in [3.8, 4) is 11.8 Å². The maximum absolute atomic E-state index is 12.6. The van der Waals surface area contributed by atoms with Crippen LogP contribution in [0.4, 0.5) is 5.82 Å². The van der Waals surface area contributed by atoms with Gasteiger partial charge in [-0.3, -0.25) is 9.59 Å². The summed E-state index contributed by atoms with van der Waals surface area (Å²) in [6.07, 6.45) is 7.20. The molecule has 2 atom stereocenters. The second-order valence-corrected chi connectivity index (χ2v) is 10.6. The van der Waals surface area contributed by atoms with Crippen molar-refractivity contribution in [2.24, 2.45) is 0 Å². The number of aliphatic hydroxyl groups is 1. The lowest BCUT2D eigenvalue weighted by Crippen LogP contribution is -2.28. The van der Waals surface area contributed by atoms with Gasteiger partial charge in [-0.2, -0.15) is 0 Å². The van der Waals surface area contributed by atoms with Crippen molar-refractivity contribution in [3.63, 3.8) is 0 Å². The van der Waals surface area contributed by atoms with Gasteiger partial charge >= 0.3 is 0 Å². The molecule has 1 aliphatic heterocycles. The number of benzene rings is 1. The predicted molar refractivity (Wildman–Crippen MR) is 166 cm³/mol. The Labute approximate surface area is 261 Å². The molecule has 13 heteroatoms. The topological polar surface area (TPSA) is 163 Å². The van der Waals surface area contributed by atoms with E-state index in [2.05, 4.69) is 32.4 Å². The number of anilines is 1. The molecule has 3 heterocycles. The average molecular weight is 627 g/mol. The van der Waals surface area contributed by atoms with Crippen LogP contribution in [-0.4, -0.2) is 89.6 Å². The molecule has 1 aliphatic rings. The van der Waals surface area contributed by atoms with Crippen LogP contribution in [0.3, 0.4) is 0 Å². The first-order chi connectivity index (χ1) is 21.5. The minimum Gasteiger partial charge on any atom is -0.394 e. The van der Waals surface area contributed by atoms with Crippen LogP contribution in [0, 0.1) is 11.8 Å². The van der Waals surface area contributed by atoms with Gasteiger partial charge in [0.2, 0.25) is 0 Å². The summed E-state index contributed by atoms with van der Waals surface area (Å²) < 4.78 is 18.7. The maximum atomic E-state index is 12.6. The van der Waals surface area contributed by atoms with E-state index in [0.29, 0.717) is 72.4 Å². The molecular weight excluding hydrogens is 588 g/mol. The number of carbonyl (C=O) groups is 2. The summed E-state index contributed by atoms with van der Waals surface area (Å²) in [6, 6.07) is 6.37. The highest BCUT2D eigenvalue weighted by atomic mass is 35.5. The smallest absolute Gasteiger partial charge is 0.252 e. The summed E-state index contributed by atoms with van der Waals surface area (Å²) in [5.41, 5.74) is 8.19. The Morgan fingerprint density at radius 3 is 2.45 bits per heavy atom. The van der Waals surface area contributed by atoms with Gasteiger partial charge in [0.15, 0.2) is 0 Å². The molecule has 1 saturated heterocycles. The molecule has 0 bridgehead atoms. The largest absolute Gasteiger partial charge is 0.394 e. The van der Waals surface area contributed by atoms with Gasteiger partial charge < -0.3 is 40.3 Å². The number of unbranched alkanes of at least 4 members (excludes halogenated alkanes) is 2. The summed E-state index contributed by atoms with van der Waals surface area (Å²) >= 11 is 5.64. The molecule has 3 aromatic rings. The van der Waals surface area contributed by atoms with E-state index in [0.717, 1.165) is 32.1 Å². The molecule has 2 amide bonds. The van der Waals surface area contributed by atoms with Gasteiger partial charge in [-0.1, -0.05) is 11.8 Å². The molecular formula is C31H39ClN6O6. The molecule has 1 fully saturated rings. The van der Waals surface area contributed by atoms with Crippen molar-refractivity contribution in [2.75, 3.05) is 57.7 Å². The number of hydrogen-bond acceptors (Lipinski definition) is 9. The van der Waals surface area contributed by atoms with E-state index in [1.807, 2.05) is 10.8 Å². The second kappa shape index (κ2) is 17.5. The first-order valence-corrected chi connectivity index (χ1v) is 15.3. The molecule has 0 radical (unpaired) electrons. The zero-order chi connectivity index (χ0) is 31.1. The Bertz CT molecular complexity index is 1440. The molecule has 2 aromatic heterocycles. The molecule has 44 heavy (non-hydrogen) atoms. The Balaban J connectivity index is 1.20. The first-order valence-electron chi connectivity index (χ1n) is 14.8. The highest BCUT2D eigenvalue weighted by molar-refractivity contribution is 6.17. The number of fused-ring (bicyclic) bond motifs is 1. The van der Waals surface area contributed by atoms with Gasteiger partial charge in [-0.15, -0.1) is 11.6 Å². The van der Waals surface area contributed by atoms with Crippen LogP contribution in [0.1, 0.15) is 64.6 Å². The lowest BCUT2D eigenvalue weighted by molar-refractivity contribution is -0.0204. The number of nitrogen functional groups attached to an aromatic ring is 1. The van der Waals surface area contributed by atoms with E-state index in [1.54, 1.807) is 24.3 Å². The lowest BCUT2D eigenvalue weighted by Gasteiger charge is -2.14. The van der Waals surface area contributed by atoms with E-state index in [-0.39, 0.29) is 37.3 Å². The summed E-state index contributed by atoms with van der Waals surface area (Å²) in [7, 11) is 0. The van der Waals surface area contributed by atoms with Crippen molar-refractivity contribution >= 4 is 40.3 Å². The molecule has 4 rings (SSSR count). The van der Waals surface area contributed by atoms with Crippen LogP contribution >= 0.6 is 11.6 Å². The van der Waals surface area contributed by atoms with E-state index < -0.39 is 0 Å². The fraction of sp³-hybridized carbons (Fsp3) is 0.484. The first kappa shape index (κ1) is 33.2. The SMILES string of the molecule is Nc1ncnc2c1c(C#CCNC(=O)c1ccc(C(=O)NCCOCCOCCCCCCl)cc1)cn2C1CCC(CO)O1. The van der Waals surface area contributed by atoms with Gasteiger partial charge in [0.25, 0.3) is 11.8 Å². The third-order valence-corrected chi connectivity index (χ3v) is 7.30. The third-order valence-electron chi connectivity index (χ3n) is 7.03. The normalized spacial score (nSPS) is 16.0. The number of alkyl halides is 1. The number of halogens is 1. The van der Waals surface area contributed by atoms with Crippen molar-refractivity contribution in [3.05, 3.63) is 53.5 Å². The molecule has 0 spiro atoms. The zero-order valence-corrected chi connectivity index (χ0v) is 25.4. The minimum atomic E-state index is -0.319. The monoisotopic (exact) mass is 626 g/mol. The van der Waals surface area contributed by atoms with Gasteiger partial charge in [0.05, 0.1) is 50.0 Å². The summed E-state index contributed by atoms with van der Waals surface area (Å²) in [4.78, 5) is 33.5. The Morgan fingerprint density at radius 2 is 1.75 bits per heavy atom. The van der Waals surface area contributed by atoms with Gasteiger partial charge in [0.1, 0.15) is 24.0 Å². The minimum absolute atomic E-state index is 0.0435. The maximum Gasteiger partial charge on any atom is 0.252 e. The van der Waals surface area contributed by atoms with Crippen LogP contribution in [-0.2, 0) is 14.2 Å². The van der Waals surface area contributed by atoms with Crippen molar-refractivity contribution in [1.82, 2.24) is 25.2 Å². The van der Waals surface area contributed by atoms with Crippen molar-refractivity contribution in [1.29, 1.82) is 0 Å². The van der Waals surface area contributed by atoms with E-state index >= 15 is 0 Å². The number of aliphatic hydroxyl groups excluding tert-OH is 1. The summed E-state index contributed by atoms with van der Waals surface area (Å²) in [5, 5.41) is 15.6. The van der Waals surface area contributed by atoms with Crippen molar-refractivity contribution < 1.29 is 28.9 Å². The van der Waals surface area contributed by atoms with E-state index in [9.17, 15) is 14.7 Å². The lowest BCUT2D eigenvalue weighted by atomic mass is 10.1. The number of ether oxygens (including phenoxy) is 3. The number of rotatable bonds is 16. The number of aromatic nitrogens is 3. The molecule has 0 saturated carbocycles. The highest BCUT2D eigenvalue weighted by Gasteiger charge is 2.28. The van der Waals surface area contributed by atoms with Crippen LogP contribution in [0.5, 0.6) is 0 Å². The van der Waals surface area contributed by atoms with Gasteiger partial charge in [-0.25, -0.2) is 9.97 Å². The Kier molecular flexibility index (Phi) is 13.2. The van der Waals surface area contributed by atoms with Crippen LogP contribution in [0.2, 0.25) is 0 Å². The Morgan fingerprint density at radius 1 is 1.02 bits per heavy atom. The van der Waals surface area contributed by atoms with Gasteiger partial charge in [-0.05, 0) is 56.4 Å². The summed E-state index contributed by atoms with van der Waals surface area (Å²) in [6.45, 7) is 2.46. The second-order valence-electron chi connectivity index (χ2n) is 10.2. The molecule has 12 nitrogen and oxygen atoms in total. The number of amides is 2. The van der Waals surface area contributed by atoms with Crippen LogP contribution in [0.15, 0.2) is 36.8 Å². The standard InChI is InChI=1S/C31H39ClN6O6/c32-12-2-1-3-15-42-17-18-43-16-14-35-31(41)23-8-6-22(7-9-23)30(40)34-13-4-5-24-19-38(26-11-10-25(20-39)44-26)29-27(24)28(33)36-21-37-29/h6-9,19,21,25-26,39H,1-3,10-18,20H2,(H,34,40)(H,35,41)(H2,33,36,37). The number of nitrogens with one attached hydrogen (secondary N) is 2. The fourth-order valence-electron chi connectivity index (χ4n) is 4.72. The van der Waals surface area contributed by atoms with E-state index in [1.165, 1.54) is 6.33 Å². The number of carbonyl (C=O) groups excluding carboxylic acids is 2. The molecule has 1 aromatic carbocycles. The zero-order valence-electron chi connectivity index (χ0n) is 24.6. The molecule has 5 N–H and O–H groups in total. The average Bonchev–Trinajstić information content (AvgIpc) is 3.67. The van der Waals surface area contributed by atoms with Gasteiger partial charge in [0, 0.05) is 36.4 Å². The van der Waals surface area contributed by atoms with Crippen molar-refractivity contribution in [2.45, 2.75) is 44.4 Å².